The summed E-state index contributed by atoms with van der Waals surface area (Å²) in [5.74, 6) is 1.60. The van der Waals surface area contributed by atoms with Crippen LogP contribution in [0.2, 0.25) is 0 Å². The minimum absolute atomic E-state index is 0.151. The first-order chi connectivity index (χ1) is 20.5. The summed E-state index contributed by atoms with van der Waals surface area (Å²) in [6.07, 6.45) is 2.64. The zero-order valence-electron chi connectivity index (χ0n) is 23.9. The highest BCUT2D eigenvalue weighted by Gasteiger charge is 2.40. The van der Waals surface area contributed by atoms with Gasteiger partial charge in [-0.15, -0.1) is 10.2 Å². The highest BCUT2D eigenvalue weighted by atomic mass is 16.5. The summed E-state index contributed by atoms with van der Waals surface area (Å²) in [5, 5.41) is 18.8. The van der Waals surface area contributed by atoms with Gasteiger partial charge in [-0.3, -0.25) is 9.69 Å². The number of carbonyl (C=O) groups is 1. The second-order valence-electron chi connectivity index (χ2n) is 11.3. The van der Waals surface area contributed by atoms with E-state index >= 15 is 0 Å². The first kappa shape index (κ1) is 28.0. The summed E-state index contributed by atoms with van der Waals surface area (Å²) in [6, 6.07) is 18.2. The van der Waals surface area contributed by atoms with E-state index in [4.69, 9.17) is 16.2 Å². The Morgan fingerprint density at radius 1 is 0.976 bits per heavy atom. The molecule has 2 aromatic carbocycles. The number of aromatic hydroxyl groups is 1. The molecule has 42 heavy (non-hydrogen) atoms. The number of hydrogen-bond acceptors (Lipinski definition) is 10. The van der Waals surface area contributed by atoms with Gasteiger partial charge in [-0.2, -0.15) is 0 Å². The number of para-hydroxylation sites is 1. The monoisotopic (exact) mass is 572 g/mol. The van der Waals surface area contributed by atoms with Gasteiger partial charge < -0.3 is 36.0 Å². The molecule has 3 fully saturated rings. The number of aromatic nitrogens is 2. The minimum Gasteiger partial charge on any atom is -0.507 e. The van der Waals surface area contributed by atoms with Crippen LogP contribution in [0.1, 0.15) is 19.3 Å². The lowest BCUT2D eigenvalue weighted by Crippen LogP contribution is -2.54. The van der Waals surface area contributed by atoms with Crippen LogP contribution in [0, 0.1) is 0 Å². The van der Waals surface area contributed by atoms with Crippen LogP contribution in [0.15, 0.2) is 54.6 Å². The number of amides is 1. The number of hydrogen-bond donors (Lipinski definition) is 3. The molecule has 6 rings (SSSR count). The molecule has 3 aromatic rings. The molecule has 3 saturated heterocycles. The molecule has 4 heterocycles. The normalized spacial score (nSPS) is 20.6. The third kappa shape index (κ3) is 5.93. The molecule has 5 N–H and O–H groups in total. The van der Waals surface area contributed by atoms with Crippen molar-refractivity contribution in [3.05, 3.63) is 54.6 Å². The molecule has 0 aliphatic carbocycles. The quantitative estimate of drug-likeness (QED) is 0.350. The van der Waals surface area contributed by atoms with Gasteiger partial charge >= 0.3 is 0 Å². The lowest BCUT2D eigenvalue weighted by molar-refractivity contribution is -0.132. The summed E-state index contributed by atoms with van der Waals surface area (Å²) < 4.78 is 6.19. The minimum atomic E-state index is 0.151. The SMILES string of the molecule is NCCC(=O)N1CCN(CCOc2cccc(N3C4CCC3CN(c3cc(-c5ccccc5O)nnc3N)C4)c2)CC1. The van der Waals surface area contributed by atoms with E-state index < -0.39 is 0 Å². The van der Waals surface area contributed by atoms with Crippen molar-refractivity contribution in [2.75, 3.05) is 74.5 Å². The van der Waals surface area contributed by atoms with E-state index in [0.29, 0.717) is 48.7 Å². The number of ether oxygens (including phenoxy) is 1. The third-order valence-electron chi connectivity index (χ3n) is 8.68. The van der Waals surface area contributed by atoms with Crippen LogP contribution in [0.3, 0.4) is 0 Å². The molecular weight excluding hydrogens is 532 g/mol. The molecule has 0 radical (unpaired) electrons. The van der Waals surface area contributed by atoms with Crippen LogP contribution in [-0.4, -0.2) is 102 Å². The van der Waals surface area contributed by atoms with Gasteiger partial charge in [0.2, 0.25) is 5.91 Å². The lowest BCUT2D eigenvalue weighted by Gasteiger charge is -2.43. The predicted octanol–water partition coefficient (Wildman–Crippen LogP) is 2.16. The molecule has 0 spiro atoms. The van der Waals surface area contributed by atoms with Gasteiger partial charge in [-0.25, -0.2) is 0 Å². The van der Waals surface area contributed by atoms with E-state index in [0.717, 1.165) is 70.1 Å². The fraction of sp³-hybridized carbons (Fsp3) is 0.452. The summed E-state index contributed by atoms with van der Waals surface area (Å²) in [5.41, 5.74) is 15.1. The maximum Gasteiger partial charge on any atom is 0.223 e. The van der Waals surface area contributed by atoms with Crippen molar-refractivity contribution < 1.29 is 14.6 Å². The van der Waals surface area contributed by atoms with Crippen LogP contribution in [0.25, 0.3) is 11.3 Å². The molecule has 3 aliphatic rings. The van der Waals surface area contributed by atoms with Crippen molar-refractivity contribution in [2.24, 2.45) is 5.73 Å². The fourth-order valence-corrected chi connectivity index (χ4v) is 6.52. The molecule has 11 heteroatoms. The van der Waals surface area contributed by atoms with Gasteiger partial charge in [0.15, 0.2) is 5.82 Å². The number of nitrogen functional groups attached to an aromatic ring is 1. The third-order valence-corrected chi connectivity index (χ3v) is 8.68. The predicted molar refractivity (Wildman–Crippen MR) is 164 cm³/mol. The number of phenolic OH excluding ortho intramolecular Hbond substituents is 1. The van der Waals surface area contributed by atoms with Crippen LogP contribution in [-0.2, 0) is 4.79 Å². The molecule has 2 bridgehead atoms. The molecule has 1 amide bonds. The van der Waals surface area contributed by atoms with Crippen LogP contribution >= 0.6 is 0 Å². The number of anilines is 3. The molecule has 0 saturated carbocycles. The topological polar surface area (TPSA) is 137 Å². The van der Waals surface area contributed by atoms with Crippen molar-refractivity contribution in [3.8, 4) is 22.8 Å². The Hall–Kier alpha value is -4.09. The number of benzene rings is 2. The Balaban J connectivity index is 1.06. The van der Waals surface area contributed by atoms with Gasteiger partial charge in [0.1, 0.15) is 18.1 Å². The molecule has 2 unspecified atom stereocenters. The van der Waals surface area contributed by atoms with E-state index in [-0.39, 0.29) is 11.7 Å². The van der Waals surface area contributed by atoms with Gasteiger partial charge in [0, 0.05) is 88.2 Å². The van der Waals surface area contributed by atoms with Crippen LogP contribution < -0.4 is 26.0 Å². The van der Waals surface area contributed by atoms with E-state index in [2.05, 4.69) is 43.1 Å². The Kier molecular flexibility index (Phi) is 8.29. The zero-order chi connectivity index (χ0) is 29.1. The number of phenols is 1. The lowest BCUT2D eigenvalue weighted by atomic mass is 10.1. The maximum atomic E-state index is 12.1. The van der Waals surface area contributed by atoms with Crippen molar-refractivity contribution in [2.45, 2.75) is 31.3 Å². The molecular formula is C31H40N8O3. The number of nitrogens with two attached hydrogens (primary N) is 2. The molecule has 11 nitrogen and oxygen atoms in total. The summed E-state index contributed by atoms with van der Waals surface area (Å²) in [6.45, 7) is 6.72. The van der Waals surface area contributed by atoms with E-state index in [1.807, 2.05) is 29.2 Å². The van der Waals surface area contributed by atoms with Crippen molar-refractivity contribution in [1.29, 1.82) is 0 Å². The van der Waals surface area contributed by atoms with Crippen LogP contribution in [0.5, 0.6) is 11.5 Å². The van der Waals surface area contributed by atoms with Gasteiger partial charge in [0.25, 0.3) is 0 Å². The fourth-order valence-electron chi connectivity index (χ4n) is 6.52. The Bertz CT molecular complexity index is 1380. The Morgan fingerprint density at radius 3 is 2.48 bits per heavy atom. The number of piperazine rings is 2. The van der Waals surface area contributed by atoms with Crippen molar-refractivity contribution in [1.82, 2.24) is 20.0 Å². The summed E-state index contributed by atoms with van der Waals surface area (Å²) in [4.78, 5) is 21.2. The number of carbonyl (C=O) groups excluding carboxylic acids is 1. The molecule has 2 atom stereocenters. The van der Waals surface area contributed by atoms with E-state index in [1.54, 1.807) is 12.1 Å². The first-order valence-corrected chi connectivity index (χ1v) is 14.9. The van der Waals surface area contributed by atoms with E-state index in [1.165, 1.54) is 5.69 Å². The second-order valence-corrected chi connectivity index (χ2v) is 11.3. The molecule has 222 valence electrons. The van der Waals surface area contributed by atoms with Crippen molar-refractivity contribution >= 4 is 23.1 Å². The second kappa shape index (κ2) is 12.4. The highest BCUT2D eigenvalue weighted by molar-refractivity contribution is 5.76. The standard InChI is InChI=1S/C31H40N8O3/c32-11-10-30(41)37-14-12-36(13-15-37)16-17-42-25-5-3-4-22(18-25)39-23-8-9-24(39)21-38(20-23)28-19-27(34-35-31(28)33)26-6-1-2-7-29(26)40/h1-7,18-19,23-24,40H,8-17,20-21,32H2,(H2,33,35). The average Bonchev–Trinajstić information content (AvgIpc) is 3.27. The van der Waals surface area contributed by atoms with Crippen molar-refractivity contribution in [3.63, 3.8) is 0 Å². The van der Waals surface area contributed by atoms with Gasteiger partial charge in [-0.1, -0.05) is 18.2 Å². The maximum absolute atomic E-state index is 12.1. The van der Waals surface area contributed by atoms with E-state index in [9.17, 15) is 9.90 Å². The Labute approximate surface area is 246 Å². The van der Waals surface area contributed by atoms with Crippen LogP contribution in [0.4, 0.5) is 17.2 Å². The number of nitrogens with zero attached hydrogens (tertiary/aromatic N) is 6. The van der Waals surface area contributed by atoms with Gasteiger partial charge in [0.05, 0.1) is 11.4 Å². The number of rotatable bonds is 9. The van der Waals surface area contributed by atoms with Gasteiger partial charge in [-0.05, 0) is 43.2 Å². The largest absolute Gasteiger partial charge is 0.507 e. The smallest absolute Gasteiger partial charge is 0.223 e. The summed E-state index contributed by atoms with van der Waals surface area (Å²) >= 11 is 0. The average molecular weight is 573 g/mol. The zero-order valence-corrected chi connectivity index (χ0v) is 23.9. The molecule has 3 aliphatic heterocycles. The first-order valence-electron chi connectivity index (χ1n) is 14.9. The Morgan fingerprint density at radius 2 is 1.74 bits per heavy atom. The summed E-state index contributed by atoms with van der Waals surface area (Å²) in [7, 11) is 0. The highest BCUT2D eigenvalue weighted by Crippen LogP contribution is 2.39. The molecule has 1 aromatic heterocycles. The number of fused-ring (bicyclic) bond motifs is 2.